The molecule has 1 aliphatic heterocycles. The fourth-order valence-electron chi connectivity index (χ4n) is 2.85. The highest BCUT2D eigenvalue weighted by molar-refractivity contribution is 5.86. The minimum absolute atomic E-state index is 0.0412. The molecule has 1 atom stereocenters. The normalized spacial score (nSPS) is 15.0. The Balaban J connectivity index is 1.89. The van der Waals surface area contributed by atoms with E-state index in [2.05, 4.69) is 5.32 Å². The molecular formula is C19H25F2N3O5. The molecule has 0 spiro atoms. The number of amides is 3. The lowest BCUT2D eigenvalue weighted by molar-refractivity contribution is -0.136. The van der Waals surface area contributed by atoms with Gasteiger partial charge in [-0.05, 0) is 12.5 Å². The Morgan fingerprint density at radius 2 is 1.66 bits per heavy atom. The zero-order valence-corrected chi connectivity index (χ0v) is 16.2. The number of nitrogens with zero attached hydrogens (tertiary/aromatic N) is 2. The molecule has 3 amide bonds. The summed E-state index contributed by atoms with van der Waals surface area (Å²) in [6.45, 7) is 2.67. The van der Waals surface area contributed by atoms with E-state index in [1.165, 1.54) is 9.80 Å². The van der Waals surface area contributed by atoms with Crippen LogP contribution in [0.2, 0.25) is 0 Å². The van der Waals surface area contributed by atoms with E-state index in [4.69, 9.17) is 9.47 Å². The topological polar surface area (TPSA) is 88.2 Å². The van der Waals surface area contributed by atoms with Crippen molar-refractivity contribution in [3.8, 4) is 0 Å². The average molecular weight is 413 g/mol. The number of piperazine rings is 1. The molecule has 1 unspecified atom stereocenters. The van der Waals surface area contributed by atoms with E-state index in [1.54, 1.807) is 31.2 Å². The van der Waals surface area contributed by atoms with Crippen molar-refractivity contribution in [3.63, 3.8) is 0 Å². The third-order valence-corrected chi connectivity index (χ3v) is 4.33. The summed E-state index contributed by atoms with van der Waals surface area (Å²) >= 11 is 0. The van der Waals surface area contributed by atoms with Crippen LogP contribution in [0.3, 0.4) is 0 Å². The molecule has 1 N–H and O–H groups in total. The number of rotatable bonds is 7. The Kier molecular flexibility index (Phi) is 8.63. The molecule has 1 heterocycles. The Morgan fingerprint density at radius 3 is 2.24 bits per heavy atom. The van der Waals surface area contributed by atoms with Gasteiger partial charge in [0.15, 0.2) is 0 Å². The van der Waals surface area contributed by atoms with Gasteiger partial charge in [-0.25, -0.2) is 18.4 Å². The molecule has 0 aromatic heterocycles. The van der Waals surface area contributed by atoms with Crippen LogP contribution in [0.5, 0.6) is 0 Å². The molecule has 8 nitrogen and oxygen atoms in total. The molecular weight excluding hydrogens is 388 g/mol. The first kappa shape index (κ1) is 22.4. The average Bonchev–Trinajstić information content (AvgIpc) is 2.72. The Hall–Kier alpha value is -2.91. The van der Waals surface area contributed by atoms with Crippen molar-refractivity contribution in [2.24, 2.45) is 0 Å². The number of hydrogen-bond acceptors (Lipinski definition) is 5. The summed E-state index contributed by atoms with van der Waals surface area (Å²) in [7, 11) is 0. The molecule has 1 aliphatic rings. The van der Waals surface area contributed by atoms with Gasteiger partial charge < -0.3 is 24.6 Å². The smallest absolute Gasteiger partial charge is 0.409 e. The van der Waals surface area contributed by atoms with Gasteiger partial charge in [-0.15, -0.1) is 0 Å². The fourth-order valence-corrected chi connectivity index (χ4v) is 2.85. The predicted molar refractivity (Wildman–Crippen MR) is 99.3 cm³/mol. The summed E-state index contributed by atoms with van der Waals surface area (Å²) in [6, 6.07) is 7.44. The van der Waals surface area contributed by atoms with Crippen LogP contribution in [0, 0.1) is 0 Å². The maximum atomic E-state index is 12.9. The molecule has 0 saturated carbocycles. The summed E-state index contributed by atoms with van der Waals surface area (Å²) in [5.41, 5.74) is 0.731. The van der Waals surface area contributed by atoms with E-state index < -0.39 is 37.0 Å². The molecule has 10 heteroatoms. The van der Waals surface area contributed by atoms with Crippen molar-refractivity contribution in [1.29, 1.82) is 0 Å². The molecule has 1 saturated heterocycles. The summed E-state index contributed by atoms with van der Waals surface area (Å²) in [5, 5.41) is 2.23. The first-order valence-corrected chi connectivity index (χ1v) is 9.36. The van der Waals surface area contributed by atoms with E-state index in [0.29, 0.717) is 0 Å². The van der Waals surface area contributed by atoms with Crippen LogP contribution in [0.15, 0.2) is 30.3 Å². The second-order valence-electron chi connectivity index (χ2n) is 6.40. The van der Waals surface area contributed by atoms with Gasteiger partial charge in [0.2, 0.25) is 12.3 Å². The second-order valence-corrected chi connectivity index (χ2v) is 6.40. The van der Waals surface area contributed by atoms with Gasteiger partial charge in [0, 0.05) is 32.6 Å². The molecule has 160 valence electrons. The minimum Gasteiger partial charge on any atom is -0.450 e. The number of alkyl carbamates (subject to hydrolysis) is 1. The van der Waals surface area contributed by atoms with Crippen molar-refractivity contribution in [3.05, 3.63) is 35.9 Å². The molecule has 0 aliphatic carbocycles. The Bertz CT molecular complexity index is 682. The first-order chi connectivity index (χ1) is 13.9. The number of ether oxygens (including phenoxy) is 2. The molecule has 1 aromatic carbocycles. The Labute approximate surface area is 167 Å². The van der Waals surface area contributed by atoms with Crippen molar-refractivity contribution in [1.82, 2.24) is 15.1 Å². The van der Waals surface area contributed by atoms with Crippen molar-refractivity contribution in [2.75, 3.05) is 32.8 Å². The largest absolute Gasteiger partial charge is 0.450 e. The van der Waals surface area contributed by atoms with Crippen molar-refractivity contribution < 1.29 is 32.6 Å². The summed E-state index contributed by atoms with van der Waals surface area (Å²) < 4.78 is 35.8. The highest BCUT2D eigenvalue weighted by Gasteiger charge is 2.32. The van der Waals surface area contributed by atoms with Gasteiger partial charge in [0.05, 0.1) is 6.61 Å². The van der Waals surface area contributed by atoms with Gasteiger partial charge in [0.1, 0.15) is 12.6 Å². The summed E-state index contributed by atoms with van der Waals surface area (Å²) in [6.07, 6.45) is -5.03. The van der Waals surface area contributed by atoms with Gasteiger partial charge in [-0.3, -0.25) is 4.79 Å². The molecule has 29 heavy (non-hydrogen) atoms. The monoisotopic (exact) mass is 413 g/mol. The number of benzene rings is 1. The SMILES string of the molecule is CCOC(=O)N1CCN(C(=O)C(CC(F)F)NC(=O)OCc2ccccc2)CC1. The number of carbonyl (C=O) groups excluding carboxylic acids is 3. The van der Waals surface area contributed by atoms with Gasteiger partial charge in [-0.1, -0.05) is 30.3 Å². The number of alkyl halides is 2. The van der Waals surface area contributed by atoms with Crippen LogP contribution in [-0.4, -0.2) is 73.1 Å². The first-order valence-electron chi connectivity index (χ1n) is 9.36. The van der Waals surface area contributed by atoms with Crippen LogP contribution < -0.4 is 5.32 Å². The molecule has 1 fully saturated rings. The summed E-state index contributed by atoms with van der Waals surface area (Å²) in [5.74, 6) is -0.634. The van der Waals surface area contributed by atoms with E-state index in [9.17, 15) is 23.2 Å². The van der Waals surface area contributed by atoms with Gasteiger partial charge in [0.25, 0.3) is 0 Å². The lowest BCUT2D eigenvalue weighted by Crippen LogP contribution is -2.56. The van der Waals surface area contributed by atoms with Crippen LogP contribution in [-0.2, 0) is 20.9 Å². The third-order valence-electron chi connectivity index (χ3n) is 4.33. The van der Waals surface area contributed by atoms with Crippen LogP contribution in [0.4, 0.5) is 18.4 Å². The zero-order valence-electron chi connectivity index (χ0n) is 16.2. The minimum atomic E-state index is -2.78. The number of carbonyl (C=O) groups is 3. The highest BCUT2D eigenvalue weighted by Crippen LogP contribution is 2.11. The highest BCUT2D eigenvalue weighted by atomic mass is 19.3. The number of hydrogen-bond donors (Lipinski definition) is 1. The van der Waals surface area contributed by atoms with E-state index >= 15 is 0 Å². The quantitative estimate of drug-likeness (QED) is 0.741. The molecule has 0 bridgehead atoms. The lowest BCUT2D eigenvalue weighted by Gasteiger charge is -2.35. The maximum absolute atomic E-state index is 12.9. The van der Waals surface area contributed by atoms with Crippen molar-refractivity contribution >= 4 is 18.1 Å². The number of halogens is 2. The molecule has 2 rings (SSSR count). The second kappa shape index (κ2) is 11.2. The third kappa shape index (κ3) is 7.20. The van der Waals surface area contributed by atoms with E-state index in [-0.39, 0.29) is 39.4 Å². The van der Waals surface area contributed by atoms with Crippen LogP contribution in [0.25, 0.3) is 0 Å². The zero-order chi connectivity index (χ0) is 21.2. The summed E-state index contributed by atoms with van der Waals surface area (Å²) in [4.78, 5) is 39.1. The predicted octanol–water partition coefficient (Wildman–Crippen LogP) is 2.24. The van der Waals surface area contributed by atoms with Crippen LogP contribution in [0.1, 0.15) is 18.9 Å². The molecule has 1 aromatic rings. The number of nitrogens with one attached hydrogen (secondary N) is 1. The standard InChI is InChI=1S/C19H25F2N3O5/c1-2-28-19(27)24-10-8-23(9-11-24)17(25)15(12-16(20)21)22-18(26)29-13-14-6-4-3-5-7-14/h3-7,15-16H,2,8-13H2,1H3,(H,22,26). The Morgan fingerprint density at radius 1 is 1.03 bits per heavy atom. The van der Waals surface area contributed by atoms with E-state index in [1.807, 2.05) is 6.07 Å². The van der Waals surface area contributed by atoms with Crippen LogP contribution >= 0.6 is 0 Å². The fraction of sp³-hybridized carbons (Fsp3) is 0.526. The maximum Gasteiger partial charge on any atom is 0.409 e. The van der Waals surface area contributed by atoms with E-state index in [0.717, 1.165) is 5.56 Å². The van der Waals surface area contributed by atoms with Gasteiger partial charge >= 0.3 is 12.2 Å². The molecule has 0 radical (unpaired) electrons. The lowest BCUT2D eigenvalue weighted by atomic mass is 10.1. The van der Waals surface area contributed by atoms with Gasteiger partial charge in [-0.2, -0.15) is 0 Å². The van der Waals surface area contributed by atoms with Crippen molar-refractivity contribution in [2.45, 2.75) is 32.4 Å².